The lowest BCUT2D eigenvalue weighted by Gasteiger charge is -2.20. The number of carbonyl (C=O) groups is 1. The number of benzene rings is 1. The molecule has 1 aromatic carbocycles. The molecule has 3 rings (SSSR count). The van der Waals surface area contributed by atoms with Crippen LogP contribution >= 0.6 is 0 Å². The Balaban J connectivity index is 1.61. The predicted octanol–water partition coefficient (Wildman–Crippen LogP) is 1.15. The van der Waals surface area contributed by atoms with Crippen LogP contribution in [-0.4, -0.2) is 64.7 Å². The van der Waals surface area contributed by atoms with Crippen molar-refractivity contribution in [1.29, 1.82) is 0 Å². The molecule has 2 saturated heterocycles. The van der Waals surface area contributed by atoms with Crippen molar-refractivity contribution in [2.45, 2.75) is 48.3 Å². The third-order valence-electron chi connectivity index (χ3n) is 5.18. The van der Waals surface area contributed by atoms with Crippen LogP contribution in [0.5, 0.6) is 0 Å². The van der Waals surface area contributed by atoms with Gasteiger partial charge in [-0.1, -0.05) is 6.42 Å². The molecule has 2 aliphatic heterocycles. The summed E-state index contributed by atoms with van der Waals surface area (Å²) in [4.78, 5) is 13.8. The van der Waals surface area contributed by atoms with E-state index in [1.54, 1.807) is 4.90 Å². The van der Waals surface area contributed by atoms with Crippen LogP contribution in [0.1, 0.15) is 38.5 Å². The molecule has 0 aliphatic carbocycles. The summed E-state index contributed by atoms with van der Waals surface area (Å²) in [5, 5.41) is 0. The fourth-order valence-corrected chi connectivity index (χ4v) is 6.08. The first-order valence-electron chi connectivity index (χ1n) is 9.68. The zero-order valence-corrected chi connectivity index (χ0v) is 17.5. The molecule has 0 atom stereocenters. The summed E-state index contributed by atoms with van der Waals surface area (Å²) in [7, 11) is -7.33. The van der Waals surface area contributed by atoms with Crippen LogP contribution in [0, 0.1) is 0 Å². The third kappa shape index (κ3) is 4.91. The lowest BCUT2D eigenvalue weighted by Crippen LogP contribution is -2.38. The van der Waals surface area contributed by atoms with E-state index in [0.717, 1.165) is 32.1 Å². The lowest BCUT2D eigenvalue weighted by atomic mass is 10.2. The van der Waals surface area contributed by atoms with Gasteiger partial charge in [-0.05, 0) is 49.9 Å². The van der Waals surface area contributed by atoms with Crippen LogP contribution in [0.15, 0.2) is 34.1 Å². The van der Waals surface area contributed by atoms with Gasteiger partial charge in [0.05, 0.1) is 9.79 Å². The van der Waals surface area contributed by atoms with Gasteiger partial charge in [0, 0.05) is 39.1 Å². The minimum Gasteiger partial charge on any atom is -0.341 e. The van der Waals surface area contributed by atoms with Gasteiger partial charge in [-0.25, -0.2) is 21.6 Å². The van der Waals surface area contributed by atoms with Gasteiger partial charge in [0.25, 0.3) is 0 Å². The van der Waals surface area contributed by atoms with Crippen LogP contribution in [-0.2, 0) is 24.8 Å². The van der Waals surface area contributed by atoms with Gasteiger partial charge in [-0.15, -0.1) is 0 Å². The average Bonchev–Trinajstić information content (AvgIpc) is 3.14. The Kier molecular flexibility index (Phi) is 6.74. The van der Waals surface area contributed by atoms with Gasteiger partial charge >= 0.3 is 0 Å². The van der Waals surface area contributed by atoms with Gasteiger partial charge in [-0.2, -0.15) is 4.31 Å². The molecule has 0 saturated carbocycles. The molecular formula is C18H27N3O5S2. The molecule has 2 aliphatic rings. The van der Waals surface area contributed by atoms with Gasteiger partial charge in [0.2, 0.25) is 26.0 Å². The summed E-state index contributed by atoms with van der Waals surface area (Å²) < 4.78 is 53.9. The summed E-state index contributed by atoms with van der Waals surface area (Å²) in [5.41, 5.74) is 0. The maximum Gasteiger partial charge on any atom is 0.243 e. The van der Waals surface area contributed by atoms with E-state index in [9.17, 15) is 21.6 Å². The summed E-state index contributed by atoms with van der Waals surface area (Å²) in [6.45, 7) is 2.11. The maximum absolute atomic E-state index is 12.5. The fraction of sp³-hybridized carbons (Fsp3) is 0.611. The van der Waals surface area contributed by atoms with E-state index < -0.39 is 20.0 Å². The van der Waals surface area contributed by atoms with Crippen LogP contribution in [0.3, 0.4) is 0 Å². The number of sulfonamides is 2. The van der Waals surface area contributed by atoms with Crippen molar-refractivity contribution in [3.05, 3.63) is 24.3 Å². The minimum atomic E-state index is -3.77. The van der Waals surface area contributed by atoms with Crippen molar-refractivity contribution in [3.63, 3.8) is 0 Å². The second-order valence-corrected chi connectivity index (χ2v) is 10.9. The predicted molar refractivity (Wildman–Crippen MR) is 105 cm³/mol. The molecule has 2 fully saturated rings. The smallest absolute Gasteiger partial charge is 0.243 e. The molecule has 2 heterocycles. The Hall–Kier alpha value is -1.49. The molecule has 0 bridgehead atoms. The number of nitrogens with one attached hydrogen (secondary N) is 1. The van der Waals surface area contributed by atoms with E-state index in [1.165, 1.54) is 28.6 Å². The molecule has 1 N–H and O–H groups in total. The van der Waals surface area contributed by atoms with Crippen LogP contribution < -0.4 is 4.72 Å². The van der Waals surface area contributed by atoms with Gasteiger partial charge in [0.15, 0.2) is 0 Å². The highest BCUT2D eigenvalue weighted by Gasteiger charge is 2.27. The Morgan fingerprint density at radius 1 is 0.821 bits per heavy atom. The van der Waals surface area contributed by atoms with Crippen molar-refractivity contribution < 1.29 is 21.6 Å². The van der Waals surface area contributed by atoms with Crippen LogP contribution in [0.25, 0.3) is 0 Å². The van der Waals surface area contributed by atoms with E-state index in [0.29, 0.717) is 32.6 Å². The fourth-order valence-electron chi connectivity index (χ4n) is 3.54. The average molecular weight is 430 g/mol. The Morgan fingerprint density at radius 3 is 2.11 bits per heavy atom. The van der Waals surface area contributed by atoms with E-state index in [1.807, 2.05) is 0 Å². The monoisotopic (exact) mass is 429 g/mol. The molecular weight excluding hydrogens is 402 g/mol. The summed E-state index contributed by atoms with van der Waals surface area (Å²) in [5.74, 6) is 0.0631. The Bertz CT molecular complexity index is 892. The number of rotatable bonds is 7. The Labute approximate surface area is 167 Å². The summed E-state index contributed by atoms with van der Waals surface area (Å²) in [6.07, 6.45) is 5.03. The number of hydrogen-bond donors (Lipinski definition) is 1. The quantitative estimate of drug-likeness (QED) is 0.700. The zero-order valence-electron chi connectivity index (χ0n) is 15.8. The first kappa shape index (κ1) is 21.2. The molecule has 156 valence electrons. The Morgan fingerprint density at radius 2 is 1.43 bits per heavy atom. The van der Waals surface area contributed by atoms with Crippen molar-refractivity contribution in [2.75, 3.05) is 32.7 Å². The highest BCUT2D eigenvalue weighted by atomic mass is 32.2. The minimum absolute atomic E-state index is 0.00932. The van der Waals surface area contributed by atoms with Crippen molar-refractivity contribution in [1.82, 2.24) is 13.9 Å². The van der Waals surface area contributed by atoms with Gasteiger partial charge < -0.3 is 4.90 Å². The van der Waals surface area contributed by atoms with E-state index >= 15 is 0 Å². The largest absolute Gasteiger partial charge is 0.341 e. The highest BCUT2D eigenvalue weighted by molar-refractivity contribution is 7.89. The number of carbonyl (C=O) groups excluding carboxylic acids is 1. The van der Waals surface area contributed by atoms with E-state index in [4.69, 9.17) is 0 Å². The second kappa shape index (κ2) is 8.89. The third-order valence-corrected chi connectivity index (χ3v) is 8.57. The van der Waals surface area contributed by atoms with Gasteiger partial charge in [0.1, 0.15) is 0 Å². The molecule has 1 aromatic rings. The van der Waals surface area contributed by atoms with Crippen molar-refractivity contribution in [3.8, 4) is 0 Å². The summed E-state index contributed by atoms with van der Waals surface area (Å²) >= 11 is 0. The van der Waals surface area contributed by atoms with E-state index in [-0.39, 0.29) is 22.2 Å². The van der Waals surface area contributed by atoms with Crippen LogP contribution in [0.2, 0.25) is 0 Å². The summed E-state index contributed by atoms with van der Waals surface area (Å²) in [6, 6.07) is 5.28. The molecule has 0 aromatic heterocycles. The second-order valence-electron chi connectivity index (χ2n) is 7.17. The maximum atomic E-state index is 12.5. The topological polar surface area (TPSA) is 104 Å². The van der Waals surface area contributed by atoms with E-state index in [2.05, 4.69) is 4.72 Å². The number of likely N-dealkylation sites (tertiary alicyclic amines) is 1. The first-order chi connectivity index (χ1) is 13.3. The molecule has 0 radical (unpaired) electrons. The normalized spacial score (nSPS) is 19.7. The molecule has 28 heavy (non-hydrogen) atoms. The van der Waals surface area contributed by atoms with Crippen LogP contribution in [0.4, 0.5) is 0 Å². The highest BCUT2D eigenvalue weighted by Crippen LogP contribution is 2.22. The number of hydrogen-bond acceptors (Lipinski definition) is 5. The molecule has 8 nitrogen and oxygen atoms in total. The zero-order chi connectivity index (χ0) is 20.2. The van der Waals surface area contributed by atoms with Crippen molar-refractivity contribution >= 4 is 26.0 Å². The first-order valence-corrected chi connectivity index (χ1v) is 12.6. The molecule has 0 spiro atoms. The SMILES string of the molecule is O=C1CCCCCN1CCNS(=O)(=O)c1ccc(S(=O)(=O)N2CCCC2)cc1. The standard InChI is InChI=1S/C18H27N3O5S2/c22-18-6-2-1-3-12-20(18)15-11-19-27(23,24)16-7-9-17(10-8-16)28(25,26)21-13-4-5-14-21/h7-10,19H,1-6,11-15H2. The number of nitrogens with zero attached hydrogens (tertiary/aromatic N) is 2. The molecule has 10 heteroatoms. The van der Waals surface area contributed by atoms with Gasteiger partial charge in [-0.3, -0.25) is 4.79 Å². The number of amides is 1. The molecule has 0 unspecified atom stereocenters. The lowest BCUT2D eigenvalue weighted by molar-refractivity contribution is -0.130. The van der Waals surface area contributed by atoms with Crippen molar-refractivity contribution in [2.24, 2.45) is 0 Å². The molecule has 1 amide bonds.